The summed E-state index contributed by atoms with van der Waals surface area (Å²) in [5.74, 6) is 5.19. The monoisotopic (exact) mass is 236 g/mol. The van der Waals surface area contributed by atoms with Crippen LogP contribution in [0, 0.1) is 0 Å². The first-order valence-electron chi connectivity index (χ1n) is 5.50. The minimum atomic E-state index is -0.166. The number of hydrogen-bond donors (Lipinski definition) is 3. The normalized spacial score (nSPS) is 16.5. The molecule has 0 unspecified atom stereocenters. The molecule has 6 nitrogen and oxygen atoms in total. The maximum Gasteiger partial charge on any atom is 0.267 e. The Bertz CT molecular complexity index is 391. The van der Waals surface area contributed by atoms with Crippen molar-refractivity contribution < 1.29 is 9.53 Å². The minimum Gasteiger partial charge on any atom is -0.379 e. The molecule has 2 rings (SSSR count). The van der Waals surface area contributed by atoms with Gasteiger partial charge in [0.15, 0.2) is 0 Å². The molecule has 1 heterocycles. The number of nitrogens with one attached hydrogen (secondary N) is 2. The molecule has 17 heavy (non-hydrogen) atoms. The summed E-state index contributed by atoms with van der Waals surface area (Å²) in [7, 11) is 0. The second-order valence-corrected chi connectivity index (χ2v) is 3.73. The highest BCUT2D eigenvalue weighted by Gasteiger charge is 2.16. The van der Waals surface area contributed by atoms with Crippen molar-refractivity contribution in [3.63, 3.8) is 0 Å². The number of ether oxygens (including phenoxy) is 1. The van der Waals surface area contributed by atoms with Crippen molar-refractivity contribution in [1.29, 1.82) is 0 Å². The lowest BCUT2D eigenvalue weighted by Crippen LogP contribution is -2.48. The van der Waals surface area contributed by atoms with E-state index in [1.165, 1.54) is 0 Å². The van der Waals surface area contributed by atoms with Gasteiger partial charge < -0.3 is 10.2 Å². The first kappa shape index (κ1) is 11.8. The molecule has 4 N–H and O–H groups in total. The van der Waals surface area contributed by atoms with Gasteiger partial charge in [-0.1, -0.05) is 12.1 Å². The minimum absolute atomic E-state index is 0.166. The number of morpholine rings is 1. The lowest BCUT2D eigenvalue weighted by molar-refractivity contribution is 0.0126. The fourth-order valence-electron chi connectivity index (χ4n) is 1.69. The van der Waals surface area contributed by atoms with Gasteiger partial charge in [-0.2, -0.15) is 0 Å². The molecule has 1 aliphatic rings. The Hall–Kier alpha value is -1.63. The number of rotatable bonds is 3. The van der Waals surface area contributed by atoms with Crippen LogP contribution in [0.1, 0.15) is 10.4 Å². The second-order valence-electron chi connectivity index (χ2n) is 3.73. The number of amides is 1. The van der Waals surface area contributed by atoms with E-state index in [0.717, 1.165) is 0 Å². The Balaban J connectivity index is 2.03. The van der Waals surface area contributed by atoms with Crippen LogP contribution in [0.3, 0.4) is 0 Å². The molecule has 1 aromatic carbocycles. The molecule has 6 heteroatoms. The molecule has 0 atom stereocenters. The Morgan fingerprint density at radius 2 is 2.00 bits per heavy atom. The number of carbonyl (C=O) groups is 1. The number of carbonyl (C=O) groups excluding carboxylic acids is 1. The maximum absolute atomic E-state index is 12.0. The predicted octanol–water partition coefficient (Wildman–Crippen LogP) is -0.0508. The van der Waals surface area contributed by atoms with Crippen molar-refractivity contribution in [3.05, 3.63) is 29.8 Å². The van der Waals surface area contributed by atoms with Gasteiger partial charge in [0.2, 0.25) is 0 Å². The number of nitrogens with zero attached hydrogens (tertiary/aromatic N) is 1. The van der Waals surface area contributed by atoms with Gasteiger partial charge in [0.25, 0.3) is 5.91 Å². The van der Waals surface area contributed by atoms with E-state index in [-0.39, 0.29) is 5.91 Å². The molecule has 0 bridgehead atoms. The molecular weight excluding hydrogens is 220 g/mol. The molecule has 0 aliphatic carbocycles. The van der Waals surface area contributed by atoms with Crippen molar-refractivity contribution in [3.8, 4) is 0 Å². The quantitative estimate of drug-likeness (QED) is 0.506. The highest BCUT2D eigenvalue weighted by atomic mass is 16.5. The maximum atomic E-state index is 12.0. The van der Waals surface area contributed by atoms with Crippen LogP contribution < -0.4 is 16.7 Å². The van der Waals surface area contributed by atoms with Crippen LogP contribution in [0.15, 0.2) is 24.3 Å². The second kappa shape index (κ2) is 5.62. The molecule has 92 valence electrons. The highest BCUT2D eigenvalue weighted by molar-refractivity contribution is 5.99. The van der Waals surface area contributed by atoms with Crippen LogP contribution in [0.2, 0.25) is 0 Å². The molecule has 0 spiro atoms. The predicted molar refractivity (Wildman–Crippen MR) is 64.1 cm³/mol. The van der Waals surface area contributed by atoms with E-state index in [0.29, 0.717) is 37.6 Å². The van der Waals surface area contributed by atoms with Crippen LogP contribution in [-0.4, -0.2) is 37.2 Å². The third-order valence-electron chi connectivity index (χ3n) is 2.60. The van der Waals surface area contributed by atoms with Crippen molar-refractivity contribution in [2.24, 2.45) is 5.84 Å². The van der Waals surface area contributed by atoms with Crippen LogP contribution in [-0.2, 0) is 4.74 Å². The average Bonchev–Trinajstić information content (AvgIpc) is 2.40. The highest BCUT2D eigenvalue weighted by Crippen LogP contribution is 2.13. The number of hydrazine groups is 2. The Morgan fingerprint density at radius 3 is 2.71 bits per heavy atom. The SMILES string of the molecule is NNc1ccccc1C(=O)NN1CCOCC1. The van der Waals surface area contributed by atoms with Crippen LogP contribution in [0.5, 0.6) is 0 Å². The van der Waals surface area contributed by atoms with Gasteiger partial charge in [0.05, 0.1) is 24.5 Å². The van der Waals surface area contributed by atoms with E-state index in [2.05, 4.69) is 10.9 Å². The summed E-state index contributed by atoms with van der Waals surface area (Å²) >= 11 is 0. The van der Waals surface area contributed by atoms with Gasteiger partial charge in [0, 0.05) is 13.1 Å². The van der Waals surface area contributed by atoms with E-state index in [1.54, 1.807) is 18.2 Å². The number of anilines is 1. The molecule has 1 aliphatic heterocycles. The van der Waals surface area contributed by atoms with Crippen LogP contribution in [0.4, 0.5) is 5.69 Å². The summed E-state index contributed by atoms with van der Waals surface area (Å²) in [6.07, 6.45) is 0. The van der Waals surface area contributed by atoms with E-state index in [1.807, 2.05) is 11.1 Å². The summed E-state index contributed by atoms with van der Waals surface area (Å²) < 4.78 is 5.21. The van der Waals surface area contributed by atoms with Crippen LogP contribution in [0.25, 0.3) is 0 Å². The fourth-order valence-corrected chi connectivity index (χ4v) is 1.69. The summed E-state index contributed by atoms with van der Waals surface area (Å²) in [6.45, 7) is 2.67. The third kappa shape index (κ3) is 2.94. The standard InChI is InChI=1S/C11H16N4O2/c12-13-10-4-2-1-3-9(10)11(16)14-15-5-7-17-8-6-15/h1-4,13H,5-8,12H2,(H,14,16). The first-order chi connectivity index (χ1) is 8.31. The summed E-state index contributed by atoms with van der Waals surface area (Å²) in [4.78, 5) is 12.0. The van der Waals surface area contributed by atoms with Crippen molar-refractivity contribution >= 4 is 11.6 Å². The fraction of sp³-hybridized carbons (Fsp3) is 0.364. The lowest BCUT2D eigenvalue weighted by atomic mass is 10.2. The van der Waals surface area contributed by atoms with Gasteiger partial charge in [-0.25, -0.2) is 5.01 Å². The molecular formula is C11H16N4O2. The molecule has 0 radical (unpaired) electrons. The molecule has 0 saturated carbocycles. The zero-order valence-corrected chi connectivity index (χ0v) is 9.48. The number of nitrogens with two attached hydrogens (primary N) is 1. The topological polar surface area (TPSA) is 79.6 Å². The number of nitrogen functional groups attached to an aromatic ring is 1. The molecule has 1 saturated heterocycles. The lowest BCUT2D eigenvalue weighted by Gasteiger charge is -2.27. The van der Waals surface area contributed by atoms with Gasteiger partial charge in [-0.3, -0.25) is 16.1 Å². The summed E-state index contributed by atoms with van der Waals surface area (Å²) in [5.41, 5.74) is 6.48. The van der Waals surface area contributed by atoms with Gasteiger partial charge in [-0.05, 0) is 12.1 Å². The first-order valence-corrected chi connectivity index (χ1v) is 5.50. The molecule has 0 aromatic heterocycles. The smallest absolute Gasteiger partial charge is 0.267 e. The Kier molecular flexibility index (Phi) is 3.92. The Labute approximate surface area is 99.7 Å². The zero-order chi connectivity index (χ0) is 12.1. The van der Waals surface area contributed by atoms with Crippen molar-refractivity contribution in [1.82, 2.24) is 10.4 Å². The van der Waals surface area contributed by atoms with Gasteiger partial charge >= 0.3 is 0 Å². The van der Waals surface area contributed by atoms with E-state index >= 15 is 0 Å². The summed E-state index contributed by atoms with van der Waals surface area (Å²) in [5, 5.41) is 1.85. The molecule has 1 fully saturated rings. The van der Waals surface area contributed by atoms with E-state index in [9.17, 15) is 4.79 Å². The Morgan fingerprint density at radius 1 is 1.29 bits per heavy atom. The van der Waals surface area contributed by atoms with E-state index in [4.69, 9.17) is 10.6 Å². The third-order valence-corrected chi connectivity index (χ3v) is 2.60. The van der Waals surface area contributed by atoms with E-state index < -0.39 is 0 Å². The van der Waals surface area contributed by atoms with Crippen LogP contribution >= 0.6 is 0 Å². The average molecular weight is 236 g/mol. The number of hydrogen-bond acceptors (Lipinski definition) is 5. The largest absolute Gasteiger partial charge is 0.379 e. The summed E-state index contributed by atoms with van der Waals surface area (Å²) in [6, 6.07) is 7.11. The molecule has 1 aromatic rings. The van der Waals surface area contributed by atoms with Crippen molar-refractivity contribution in [2.75, 3.05) is 31.7 Å². The number of benzene rings is 1. The number of para-hydroxylation sites is 1. The van der Waals surface area contributed by atoms with Crippen molar-refractivity contribution in [2.45, 2.75) is 0 Å². The zero-order valence-electron chi connectivity index (χ0n) is 9.48. The van der Waals surface area contributed by atoms with Gasteiger partial charge in [-0.15, -0.1) is 0 Å². The van der Waals surface area contributed by atoms with Gasteiger partial charge in [0.1, 0.15) is 0 Å². The molecule has 1 amide bonds.